The van der Waals surface area contributed by atoms with Gasteiger partial charge in [-0.05, 0) is 54.7 Å². The number of nitrogens with zero attached hydrogens (tertiary/aromatic N) is 3. The molecule has 0 amide bonds. The molecule has 2 atom stereocenters. The van der Waals surface area contributed by atoms with Crippen molar-refractivity contribution in [3.8, 4) is 11.3 Å². The molecule has 35 heavy (non-hydrogen) atoms. The summed E-state index contributed by atoms with van der Waals surface area (Å²) >= 11 is 0. The zero-order valence-electron chi connectivity index (χ0n) is 19.7. The molecule has 0 saturated carbocycles. The number of carbonyl (C=O) groups is 2. The number of likely N-dealkylation sites (tertiary alicyclic amines) is 1. The van der Waals surface area contributed by atoms with Crippen LogP contribution in [0.1, 0.15) is 35.2 Å². The van der Waals surface area contributed by atoms with Crippen LogP contribution in [-0.2, 0) is 16.1 Å². The highest BCUT2D eigenvalue weighted by atomic mass is 16.5. The van der Waals surface area contributed by atoms with Crippen molar-refractivity contribution in [2.24, 2.45) is 5.92 Å². The molecule has 1 fully saturated rings. The highest BCUT2D eigenvalue weighted by molar-refractivity contribution is 6.02. The van der Waals surface area contributed by atoms with Crippen LogP contribution < -0.4 is 0 Å². The summed E-state index contributed by atoms with van der Waals surface area (Å²) in [6.45, 7) is 1.33. The summed E-state index contributed by atoms with van der Waals surface area (Å²) in [7, 11) is 1.44. The summed E-state index contributed by atoms with van der Waals surface area (Å²) in [4.78, 5) is 32.0. The van der Waals surface area contributed by atoms with E-state index in [0.717, 1.165) is 34.1 Å². The van der Waals surface area contributed by atoms with Gasteiger partial charge < -0.3 is 4.74 Å². The minimum Gasteiger partial charge on any atom is -0.468 e. The van der Waals surface area contributed by atoms with Gasteiger partial charge in [-0.1, -0.05) is 30.3 Å². The lowest BCUT2D eigenvalue weighted by molar-refractivity contribution is -0.149. The predicted octanol–water partition coefficient (Wildman–Crippen LogP) is 4.65. The van der Waals surface area contributed by atoms with Crippen LogP contribution in [0.2, 0.25) is 0 Å². The Balaban J connectivity index is 1.33. The van der Waals surface area contributed by atoms with Crippen molar-refractivity contribution >= 4 is 22.7 Å². The van der Waals surface area contributed by atoms with E-state index in [1.54, 1.807) is 12.4 Å². The minimum absolute atomic E-state index is 0.106. The molecule has 2 aromatic carbocycles. The number of carbonyl (C=O) groups excluding carboxylic acids is 2. The molecule has 7 nitrogen and oxygen atoms in total. The van der Waals surface area contributed by atoms with Crippen molar-refractivity contribution in [3.05, 3.63) is 84.2 Å². The van der Waals surface area contributed by atoms with Gasteiger partial charge in [-0.25, -0.2) is 0 Å². The van der Waals surface area contributed by atoms with E-state index in [-0.39, 0.29) is 23.7 Å². The van der Waals surface area contributed by atoms with Gasteiger partial charge in [-0.15, -0.1) is 0 Å². The Bertz CT molecular complexity index is 1320. The maximum atomic E-state index is 13.3. The number of pyridine rings is 1. The monoisotopic (exact) mass is 468 g/mol. The first-order chi connectivity index (χ1) is 17.1. The molecule has 2 aromatic heterocycles. The molecule has 4 aromatic rings. The Kier molecular flexibility index (Phi) is 6.68. The van der Waals surface area contributed by atoms with Gasteiger partial charge in [0.1, 0.15) is 11.7 Å². The molecule has 1 N–H and O–H groups in total. The molecule has 7 heteroatoms. The number of piperidine rings is 1. The van der Waals surface area contributed by atoms with Crippen molar-refractivity contribution < 1.29 is 14.3 Å². The molecule has 178 valence electrons. The number of ether oxygens (including phenoxy) is 1. The first kappa shape index (κ1) is 22.9. The molecule has 1 aliphatic rings. The third-order valence-corrected chi connectivity index (χ3v) is 6.80. The average Bonchev–Trinajstić information content (AvgIpc) is 3.33. The van der Waals surface area contributed by atoms with Crippen molar-refractivity contribution in [3.63, 3.8) is 0 Å². The second kappa shape index (κ2) is 10.2. The van der Waals surface area contributed by atoms with Gasteiger partial charge in [0, 0.05) is 48.4 Å². The Morgan fingerprint density at radius 1 is 1.06 bits per heavy atom. The average molecular weight is 469 g/mol. The number of fused-ring (bicyclic) bond motifs is 1. The van der Waals surface area contributed by atoms with Gasteiger partial charge >= 0.3 is 5.97 Å². The number of hydrogen-bond donors (Lipinski definition) is 1. The molecule has 1 saturated heterocycles. The van der Waals surface area contributed by atoms with E-state index >= 15 is 0 Å². The fourth-order valence-electron chi connectivity index (χ4n) is 4.99. The second-order valence-corrected chi connectivity index (χ2v) is 9.09. The van der Waals surface area contributed by atoms with Gasteiger partial charge in [0.25, 0.3) is 0 Å². The number of H-pyrrole nitrogens is 1. The number of nitrogens with one attached hydrogen (secondary N) is 1. The maximum Gasteiger partial charge on any atom is 0.323 e. The van der Waals surface area contributed by atoms with Crippen LogP contribution in [-0.4, -0.2) is 51.5 Å². The van der Waals surface area contributed by atoms with Crippen LogP contribution in [0.25, 0.3) is 22.2 Å². The molecule has 0 unspecified atom stereocenters. The Morgan fingerprint density at radius 2 is 1.86 bits per heavy atom. The lowest BCUT2D eigenvalue weighted by atomic mass is 9.87. The standard InChI is InChI=1S/C28H28N4O3/c1-35-28(34)25-10-7-20(18-32(25)17-19-5-3-2-4-6-19)15-26(33)22-8-9-24-23(16-22)27(31-30-24)21-11-13-29-14-12-21/h2-6,8-9,11-14,16,20,25H,7,10,15,17-18H2,1H3,(H,30,31)/t20-,25+/m0/s1. The molecular weight excluding hydrogens is 440 g/mol. The molecule has 3 heterocycles. The molecule has 0 bridgehead atoms. The number of aromatic amines is 1. The zero-order valence-corrected chi connectivity index (χ0v) is 19.7. The first-order valence-electron chi connectivity index (χ1n) is 11.9. The molecular formula is C28H28N4O3. The second-order valence-electron chi connectivity index (χ2n) is 9.09. The Morgan fingerprint density at radius 3 is 2.63 bits per heavy atom. The van der Waals surface area contributed by atoms with Crippen LogP contribution in [0, 0.1) is 5.92 Å². The van der Waals surface area contributed by atoms with Gasteiger partial charge in [0.15, 0.2) is 5.78 Å². The summed E-state index contributed by atoms with van der Waals surface area (Å²) in [6, 6.07) is 19.3. The number of benzene rings is 2. The highest BCUT2D eigenvalue weighted by Gasteiger charge is 2.34. The van der Waals surface area contributed by atoms with Crippen molar-refractivity contribution in [2.45, 2.75) is 31.8 Å². The van der Waals surface area contributed by atoms with Crippen LogP contribution in [0.5, 0.6) is 0 Å². The predicted molar refractivity (Wildman–Crippen MR) is 134 cm³/mol. The summed E-state index contributed by atoms with van der Waals surface area (Å²) in [5.41, 5.74) is 4.47. The molecule has 0 radical (unpaired) electrons. The van der Waals surface area contributed by atoms with Gasteiger partial charge in [0.05, 0.1) is 12.6 Å². The summed E-state index contributed by atoms with van der Waals surface area (Å²) in [5, 5.41) is 8.42. The normalized spacial score (nSPS) is 18.4. The molecule has 1 aliphatic heterocycles. The molecule has 5 rings (SSSR count). The quantitative estimate of drug-likeness (QED) is 0.314. The number of methoxy groups -OCH3 is 1. The van der Waals surface area contributed by atoms with Gasteiger partial charge in [-0.3, -0.25) is 24.6 Å². The van der Waals surface area contributed by atoms with Crippen LogP contribution in [0.3, 0.4) is 0 Å². The van der Waals surface area contributed by atoms with Crippen LogP contribution in [0.4, 0.5) is 0 Å². The van der Waals surface area contributed by atoms with Gasteiger partial charge in [-0.2, -0.15) is 5.10 Å². The zero-order chi connectivity index (χ0) is 24.2. The molecule has 0 aliphatic carbocycles. The third kappa shape index (κ3) is 5.00. The SMILES string of the molecule is COC(=O)[C@H]1CC[C@@H](CC(=O)c2ccc3[nH]nc(-c4ccncc4)c3c2)CN1Cc1ccccc1. The third-order valence-electron chi connectivity index (χ3n) is 6.80. The number of aromatic nitrogens is 3. The summed E-state index contributed by atoms with van der Waals surface area (Å²) < 4.78 is 5.06. The lowest BCUT2D eigenvalue weighted by Crippen LogP contribution is -2.48. The van der Waals surface area contributed by atoms with E-state index < -0.39 is 0 Å². The Labute approximate surface area is 204 Å². The fraction of sp³-hybridized carbons (Fsp3) is 0.286. The minimum atomic E-state index is -0.281. The van der Waals surface area contributed by atoms with E-state index in [2.05, 4.69) is 32.2 Å². The number of Topliss-reactive ketones (excluding diaryl/α,β-unsaturated/α-hetero) is 1. The number of esters is 1. The van der Waals surface area contributed by atoms with Gasteiger partial charge in [0.2, 0.25) is 0 Å². The number of rotatable bonds is 7. The number of hydrogen-bond acceptors (Lipinski definition) is 6. The largest absolute Gasteiger partial charge is 0.468 e. The van der Waals surface area contributed by atoms with E-state index in [4.69, 9.17) is 4.74 Å². The Hall–Kier alpha value is -3.84. The van der Waals surface area contributed by atoms with Crippen molar-refractivity contribution in [1.29, 1.82) is 0 Å². The van der Waals surface area contributed by atoms with E-state index in [1.165, 1.54) is 7.11 Å². The van der Waals surface area contributed by atoms with E-state index in [0.29, 0.717) is 31.5 Å². The summed E-state index contributed by atoms with van der Waals surface area (Å²) in [6.07, 6.45) is 5.40. The van der Waals surface area contributed by atoms with Crippen molar-refractivity contribution in [2.75, 3.05) is 13.7 Å². The molecule has 0 spiro atoms. The summed E-state index contributed by atoms with van der Waals surface area (Å²) in [5.74, 6) is 0.0709. The maximum absolute atomic E-state index is 13.3. The first-order valence-corrected chi connectivity index (χ1v) is 11.9. The van der Waals surface area contributed by atoms with E-state index in [1.807, 2.05) is 48.5 Å². The highest BCUT2D eigenvalue weighted by Crippen LogP contribution is 2.30. The smallest absolute Gasteiger partial charge is 0.323 e. The van der Waals surface area contributed by atoms with Crippen LogP contribution in [0.15, 0.2) is 73.1 Å². The topological polar surface area (TPSA) is 88.2 Å². The lowest BCUT2D eigenvalue weighted by Gasteiger charge is -2.38. The number of ketones is 1. The van der Waals surface area contributed by atoms with E-state index in [9.17, 15) is 9.59 Å². The van der Waals surface area contributed by atoms with Crippen molar-refractivity contribution in [1.82, 2.24) is 20.1 Å². The van der Waals surface area contributed by atoms with Crippen LogP contribution >= 0.6 is 0 Å². The fourth-order valence-corrected chi connectivity index (χ4v) is 4.99.